The Kier molecular flexibility index (Phi) is 5.26. The van der Waals surface area contributed by atoms with Crippen LogP contribution in [0.3, 0.4) is 0 Å². The molecule has 1 atom stereocenters. The van der Waals surface area contributed by atoms with E-state index < -0.39 is 17.8 Å². The molecular formula is C19H18FN3O3. The second-order valence-corrected chi connectivity index (χ2v) is 5.93. The van der Waals surface area contributed by atoms with Gasteiger partial charge in [-0.3, -0.25) is 14.4 Å². The summed E-state index contributed by atoms with van der Waals surface area (Å²) in [6.07, 6.45) is -0.159. The average Bonchev–Trinajstić information content (AvgIpc) is 2.64. The van der Waals surface area contributed by atoms with E-state index in [1.807, 2.05) is 6.07 Å². The molecule has 0 radical (unpaired) electrons. The Morgan fingerprint density at radius 1 is 1.12 bits per heavy atom. The molecule has 2 N–H and O–H groups in total. The SMILES string of the molecule is O=C(C[C@@H]1C(=O)NCCN1C(=O)c1ccc(F)cc1)Nc1ccccc1. The topological polar surface area (TPSA) is 78.5 Å². The van der Waals surface area contributed by atoms with E-state index in [1.165, 1.54) is 29.2 Å². The van der Waals surface area contributed by atoms with E-state index in [0.717, 1.165) is 0 Å². The number of hydrogen-bond donors (Lipinski definition) is 2. The lowest BCUT2D eigenvalue weighted by Gasteiger charge is -2.34. The molecule has 1 aliphatic rings. The van der Waals surface area contributed by atoms with Gasteiger partial charge in [0.1, 0.15) is 11.9 Å². The summed E-state index contributed by atoms with van der Waals surface area (Å²) in [7, 11) is 0. The maximum atomic E-state index is 13.1. The number of nitrogens with zero attached hydrogens (tertiary/aromatic N) is 1. The molecule has 0 bridgehead atoms. The molecule has 1 fully saturated rings. The van der Waals surface area contributed by atoms with Crippen molar-refractivity contribution in [2.24, 2.45) is 0 Å². The molecule has 1 aliphatic heterocycles. The Morgan fingerprint density at radius 3 is 2.50 bits per heavy atom. The highest BCUT2D eigenvalue weighted by atomic mass is 19.1. The molecule has 3 rings (SSSR count). The van der Waals surface area contributed by atoms with Crippen molar-refractivity contribution in [3.63, 3.8) is 0 Å². The van der Waals surface area contributed by atoms with Crippen LogP contribution in [0.1, 0.15) is 16.8 Å². The van der Waals surface area contributed by atoms with Gasteiger partial charge < -0.3 is 15.5 Å². The summed E-state index contributed by atoms with van der Waals surface area (Å²) in [5, 5.41) is 5.38. The lowest BCUT2D eigenvalue weighted by Crippen LogP contribution is -2.58. The van der Waals surface area contributed by atoms with Gasteiger partial charge in [0.25, 0.3) is 5.91 Å². The van der Waals surface area contributed by atoms with E-state index in [2.05, 4.69) is 10.6 Å². The van der Waals surface area contributed by atoms with Crippen LogP contribution in [0.2, 0.25) is 0 Å². The van der Waals surface area contributed by atoms with Crippen LogP contribution >= 0.6 is 0 Å². The zero-order valence-corrected chi connectivity index (χ0v) is 13.9. The van der Waals surface area contributed by atoms with Crippen molar-refractivity contribution in [1.82, 2.24) is 10.2 Å². The minimum absolute atomic E-state index is 0.159. The van der Waals surface area contributed by atoms with Crippen molar-refractivity contribution in [3.8, 4) is 0 Å². The van der Waals surface area contributed by atoms with Gasteiger partial charge in [0, 0.05) is 24.3 Å². The molecule has 7 heteroatoms. The summed E-state index contributed by atoms with van der Waals surface area (Å²) in [5.41, 5.74) is 0.889. The molecule has 6 nitrogen and oxygen atoms in total. The predicted octanol–water partition coefficient (Wildman–Crippen LogP) is 1.80. The first kappa shape index (κ1) is 17.6. The number of piperazine rings is 1. The van der Waals surface area contributed by atoms with Crippen molar-refractivity contribution < 1.29 is 18.8 Å². The summed E-state index contributed by atoms with van der Waals surface area (Å²) in [5.74, 6) is -1.60. The summed E-state index contributed by atoms with van der Waals surface area (Å²) >= 11 is 0. The number of anilines is 1. The first-order chi connectivity index (χ1) is 12.5. The predicted molar refractivity (Wildman–Crippen MR) is 93.9 cm³/mol. The molecular weight excluding hydrogens is 337 g/mol. The first-order valence-electron chi connectivity index (χ1n) is 8.24. The second kappa shape index (κ2) is 7.77. The van der Waals surface area contributed by atoms with Crippen LogP contribution in [0.4, 0.5) is 10.1 Å². The molecule has 1 saturated heterocycles. The lowest BCUT2D eigenvalue weighted by molar-refractivity contribution is -0.131. The van der Waals surface area contributed by atoms with Crippen molar-refractivity contribution in [2.45, 2.75) is 12.5 Å². The summed E-state index contributed by atoms with van der Waals surface area (Å²) in [6.45, 7) is 0.591. The molecule has 2 aromatic carbocycles. The molecule has 26 heavy (non-hydrogen) atoms. The number of para-hydroxylation sites is 1. The van der Waals surface area contributed by atoms with Gasteiger partial charge in [-0.05, 0) is 36.4 Å². The molecule has 1 heterocycles. The van der Waals surface area contributed by atoms with Crippen molar-refractivity contribution in [3.05, 3.63) is 66.0 Å². The van der Waals surface area contributed by atoms with E-state index in [1.54, 1.807) is 24.3 Å². The smallest absolute Gasteiger partial charge is 0.254 e. The van der Waals surface area contributed by atoms with Crippen LogP contribution in [0.15, 0.2) is 54.6 Å². The fourth-order valence-corrected chi connectivity index (χ4v) is 2.83. The maximum Gasteiger partial charge on any atom is 0.254 e. The van der Waals surface area contributed by atoms with E-state index in [0.29, 0.717) is 12.2 Å². The number of benzene rings is 2. The van der Waals surface area contributed by atoms with Crippen LogP contribution in [-0.4, -0.2) is 41.8 Å². The Labute approximate surface area is 150 Å². The summed E-state index contributed by atoms with van der Waals surface area (Å²) in [6, 6.07) is 13.1. The maximum absolute atomic E-state index is 13.1. The van der Waals surface area contributed by atoms with E-state index in [9.17, 15) is 18.8 Å². The quantitative estimate of drug-likeness (QED) is 0.878. The molecule has 0 aromatic heterocycles. The second-order valence-electron chi connectivity index (χ2n) is 5.93. The van der Waals surface area contributed by atoms with Gasteiger partial charge in [0.2, 0.25) is 11.8 Å². The zero-order chi connectivity index (χ0) is 18.5. The summed E-state index contributed by atoms with van der Waals surface area (Å²) < 4.78 is 13.1. The molecule has 3 amide bonds. The van der Waals surface area contributed by atoms with E-state index >= 15 is 0 Å². The molecule has 0 spiro atoms. The van der Waals surface area contributed by atoms with Crippen molar-refractivity contribution in [1.29, 1.82) is 0 Å². The van der Waals surface area contributed by atoms with Gasteiger partial charge in [-0.2, -0.15) is 0 Å². The van der Waals surface area contributed by atoms with Gasteiger partial charge in [-0.25, -0.2) is 4.39 Å². The highest BCUT2D eigenvalue weighted by Crippen LogP contribution is 2.16. The average molecular weight is 355 g/mol. The minimum Gasteiger partial charge on any atom is -0.353 e. The molecule has 2 aromatic rings. The Bertz CT molecular complexity index is 809. The van der Waals surface area contributed by atoms with Crippen LogP contribution < -0.4 is 10.6 Å². The third-order valence-corrected chi connectivity index (χ3v) is 4.12. The number of halogens is 1. The standard InChI is InChI=1S/C19H18FN3O3/c20-14-8-6-13(7-9-14)19(26)23-11-10-21-18(25)16(23)12-17(24)22-15-4-2-1-3-5-15/h1-9,16H,10-12H2,(H,21,25)(H,22,24)/t16-/m1/s1. The van der Waals surface area contributed by atoms with Gasteiger partial charge in [-0.1, -0.05) is 18.2 Å². The van der Waals surface area contributed by atoms with Crippen molar-refractivity contribution >= 4 is 23.4 Å². The van der Waals surface area contributed by atoms with Gasteiger partial charge >= 0.3 is 0 Å². The highest BCUT2D eigenvalue weighted by molar-refractivity contribution is 6.01. The third-order valence-electron chi connectivity index (χ3n) is 4.12. The number of carbonyl (C=O) groups is 3. The normalized spacial score (nSPS) is 16.7. The Balaban J connectivity index is 1.73. The fourth-order valence-electron chi connectivity index (χ4n) is 2.83. The van der Waals surface area contributed by atoms with Gasteiger partial charge in [0.05, 0.1) is 6.42 Å². The minimum atomic E-state index is -0.912. The lowest BCUT2D eigenvalue weighted by atomic mass is 10.1. The largest absolute Gasteiger partial charge is 0.353 e. The highest BCUT2D eigenvalue weighted by Gasteiger charge is 2.35. The first-order valence-corrected chi connectivity index (χ1v) is 8.24. The van der Waals surface area contributed by atoms with E-state index in [4.69, 9.17) is 0 Å². The molecule has 0 unspecified atom stereocenters. The van der Waals surface area contributed by atoms with Crippen LogP contribution in [0, 0.1) is 5.82 Å². The van der Waals surface area contributed by atoms with Crippen molar-refractivity contribution in [2.75, 3.05) is 18.4 Å². The Morgan fingerprint density at radius 2 is 1.81 bits per heavy atom. The van der Waals surface area contributed by atoms with Gasteiger partial charge in [0.15, 0.2) is 0 Å². The van der Waals surface area contributed by atoms with Crippen LogP contribution in [0.5, 0.6) is 0 Å². The molecule has 0 saturated carbocycles. The number of hydrogen-bond acceptors (Lipinski definition) is 3. The molecule has 134 valence electrons. The van der Waals surface area contributed by atoms with Gasteiger partial charge in [-0.15, -0.1) is 0 Å². The molecule has 0 aliphatic carbocycles. The fraction of sp³-hybridized carbons (Fsp3) is 0.211. The Hall–Kier alpha value is -3.22. The number of nitrogens with one attached hydrogen (secondary N) is 2. The monoisotopic (exact) mass is 355 g/mol. The van der Waals surface area contributed by atoms with Crippen LogP contribution in [-0.2, 0) is 9.59 Å². The zero-order valence-electron chi connectivity index (χ0n) is 13.9. The third kappa shape index (κ3) is 4.05. The number of carbonyl (C=O) groups excluding carboxylic acids is 3. The number of amides is 3. The van der Waals surface area contributed by atoms with Crippen LogP contribution in [0.25, 0.3) is 0 Å². The van der Waals surface area contributed by atoms with E-state index in [-0.39, 0.29) is 30.3 Å². The number of rotatable bonds is 4. The summed E-state index contributed by atoms with van der Waals surface area (Å²) in [4.78, 5) is 38.6.